The van der Waals surface area contributed by atoms with Crippen LogP contribution in [0.3, 0.4) is 0 Å². The van der Waals surface area contributed by atoms with Crippen molar-refractivity contribution in [2.45, 2.75) is 138 Å². The second kappa shape index (κ2) is 41.5. The topological polar surface area (TPSA) is 590 Å². The molecular formula is C70H91N15O21S. The number of aliphatic hydroxyl groups is 5. The van der Waals surface area contributed by atoms with E-state index in [1.807, 2.05) is 0 Å². The molecular weight excluding hydrogens is 1420 g/mol. The van der Waals surface area contributed by atoms with Crippen molar-refractivity contribution in [1.82, 2.24) is 73.4 Å². The molecule has 24 N–H and O–H groups in total. The lowest BCUT2D eigenvalue weighted by molar-refractivity contribution is -0.142. The van der Waals surface area contributed by atoms with Gasteiger partial charge in [0.05, 0.1) is 44.9 Å². The first-order valence-corrected chi connectivity index (χ1v) is 35.1. The number of rotatable bonds is 42. The van der Waals surface area contributed by atoms with Gasteiger partial charge in [0.2, 0.25) is 65.0 Å². The summed E-state index contributed by atoms with van der Waals surface area (Å²) in [5, 5.41) is 119. The van der Waals surface area contributed by atoms with E-state index in [2.05, 4.69) is 73.4 Å². The number of carbonyl (C=O) groups is 12. The molecule has 6 rings (SSSR count). The molecule has 0 unspecified atom stereocenters. The lowest BCUT2D eigenvalue weighted by atomic mass is 10.0. The molecule has 6 aromatic rings. The zero-order chi connectivity index (χ0) is 78.6. The summed E-state index contributed by atoms with van der Waals surface area (Å²) < 4.78 is 0. The summed E-state index contributed by atoms with van der Waals surface area (Å²) in [6.07, 6.45) is 2.65. The van der Waals surface area contributed by atoms with Gasteiger partial charge in [0.15, 0.2) is 0 Å². The third-order valence-electron chi connectivity index (χ3n) is 16.9. The monoisotopic (exact) mass is 1510 g/mol. The molecule has 0 saturated heterocycles. The number of hydrogen-bond acceptors (Lipinski definition) is 23. The van der Waals surface area contributed by atoms with Gasteiger partial charge in [-0.3, -0.25) is 52.7 Å². The number of para-hydroxylation sites is 1. The summed E-state index contributed by atoms with van der Waals surface area (Å²) in [4.78, 5) is 177. The maximum atomic E-state index is 14.8. The first-order valence-electron chi connectivity index (χ1n) is 33.7. The van der Waals surface area contributed by atoms with Crippen LogP contribution in [0.15, 0.2) is 116 Å². The Morgan fingerprint density at radius 1 is 0.439 bits per heavy atom. The van der Waals surface area contributed by atoms with Crippen LogP contribution in [0.1, 0.15) is 55.1 Å². The second-order valence-corrected chi connectivity index (χ2v) is 26.4. The average molecular weight is 1510 g/mol. The number of imidazole rings is 1. The van der Waals surface area contributed by atoms with Gasteiger partial charge in [0.1, 0.15) is 83.7 Å². The van der Waals surface area contributed by atoms with E-state index in [4.69, 9.17) is 5.73 Å². The van der Waals surface area contributed by atoms with Gasteiger partial charge in [0.25, 0.3) is 0 Å². The Bertz CT molecular complexity index is 4000. The number of phenolic OH excluding ortho intramolecular Hbond substituents is 3. The predicted octanol–water partition coefficient (Wildman–Crippen LogP) is -4.98. The fourth-order valence-corrected chi connectivity index (χ4v) is 11.2. The molecule has 37 heteroatoms. The average Bonchev–Trinajstić information content (AvgIpc) is 1.66. The number of phenols is 3. The number of nitrogens with one attached hydrogen (secondary N) is 13. The molecule has 0 saturated carbocycles. The zero-order valence-electron chi connectivity index (χ0n) is 58.7. The van der Waals surface area contributed by atoms with Crippen LogP contribution in [0, 0.1) is 5.92 Å². The van der Waals surface area contributed by atoms with E-state index in [1.165, 1.54) is 97.1 Å². The van der Waals surface area contributed by atoms with Crippen molar-refractivity contribution >= 4 is 93.6 Å². The molecule has 2 heterocycles. The van der Waals surface area contributed by atoms with Crippen molar-refractivity contribution < 1.29 is 103 Å². The van der Waals surface area contributed by atoms with Gasteiger partial charge in [-0.2, -0.15) is 11.8 Å². The van der Waals surface area contributed by atoms with Gasteiger partial charge in [0, 0.05) is 61.1 Å². The highest BCUT2D eigenvalue weighted by Gasteiger charge is 2.38. The number of nitrogens with two attached hydrogens (primary N) is 1. The number of aromatic hydroxyl groups is 3. The third kappa shape index (κ3) is 25.8. The number of aromatic nitrogens is 3. The number of aromatic amines is 2. The molecule has 0 spiro atoms. The highest BCUT2D eigenvalue weighted by molar-refractivity contribution is 7.98. The van der Waals surface area contributed by atoms with Gasteiger partial charge in [-0.15, -0.1) is 0 Å². The summed E-state index contributed by atoms with van der Waals surface area (Å²) in [6.45, 7) is -0.249. The summed E-state index contributed by atoms with van der Waals surface area (Å²) in [7, 11) is 0. The van der Waals surface area contributed by atoms with Crippen molar-refractivity contribution in [3.63, 3.8) is 0 Å². The fraction of sp³-hybridized carbons (Fsp3) is 0.414. The normalized spacial score (nSPS) is 14.9. The van der Waals surface area contributed by atoms with Crippen LogP contribution in [0.4, 0.5) is 0 Å². The number of hydrogen-bond donors (Lipinski definition) is 23. The molecule has 0 bridgehead atoms. The number of carbonyl (C=O) groups excluding carboxylic acids is 11. The lowest BCUT2D eigenvalue weighted by Gasteiger charge is -2.28. The lowest BCUT2D eigenvalue weighted by Crippen LogP contribution is -2.63. The van der Waals surface area contributed by atoms with Crippen LogP contribution in [-0.4, -0.2) is 249 Å². The van der Waals surface area contributed by atoms with Crippen LogP contribution < -0.4 is 64.2 Å². The fourth-order valence-electron chi connectivity index (χ4n) is 10.7. The smallest absolute Gasteiger partial charge is 0.326 e. The number of thioether (sulfide) groups is 1. The molecule has 0 aliphatic heterocycles. The molecule has 0 radical (unpaired) electrons. The number of H-pyrrole nitrogens is 2. The maximum Gasteiger partial charge on any atom is 0.326 e. The molecule has 0 fully saturated rings. The van der Waals surface area contributed by atoms with Gasteiger partial charge >= 0.3 is 5.97 Å². The molecule has 0 aliphatic carbocycles. The number of nitrogens with zero attached hydrogens (tertiary/aromatic N) is 1. The summed E-state index contributed by atoms with van der Waals surface area (Å²) in [5.74, 6) is -14.2. The Morgan fingerprint density at radius 3 is 1.20 bits per heavy atom. The predicted molar refractivity (Wildman–Crippen MR) is 384 cm³/mol. The third-order valence-corrected chi connectivity index (χ3v) is 17.6. The van der Waals surface area contributed by atoms with Gasteiger partial charge in [-0.25, -0.2) is 9.78 Å². The number of amides is 11. The molecule has 107 heavy (non-hydrogen) atoms. The van der Waals surface area contributed by atoms with E-state index in [-0.39, 0.29) is 66.6 Å². The van der Waals surface area contributed by atoms with Crippen molar-refractivity contribution in [1.29, 1.82) is 0 Å². The summed E-state index contributed by atoms with van der Waals surface area (Å²) in [6, 6.07) is 3.17. The van der Waals surface area contributed by atoms with E-state index < -0.39 is 182 Å². The first kappa shape index (κ1) is 84.7. The number of aliphatic carboxylic acids is 1. The Morgan fingerprint density at radius 2 is 0.794 bits per heavy atom. The molecule has 578 valence electrons. The van der Waals surface area contributed by atoms with E-state index in [0.29, 0.717) is 33.3 Å². The largest absolute Gasteiger partial charge is 0.508 e. The molecule has 4 aromatic carbocycles. The number of aliphatic hydroxyl groups excluding tert-OH is 5. The van der Waals surface area contributed by atoms with E-state index in [0.717, 1.165) is 6.92 Å². The number of fused-ring (bicyclic) bond motifs is 1. The summed E-state index contributed by atoms with van der Waals surface area (Å²) >= 11 is 1.27. The Labute approximate surface area is 617 Å². The minimum Gasteiger partial charge on any atom is -0.508 e. The van der Waals surface area contributed by atoms with Crippen LogP contribution >= 0.6 is 11.8 Å². The molecule has 0 aliphatic rings. The molecule has 11 amide bonds. The second-order valence-electron chi connectivity index (χ2n) is 25.4. The molecule has 2 aromatic heterocycles. The standard InChI is InChI=1S/C70H91N15O21S/c1-35(2)57(71)68(103)83-56(33-89)67(102)85-58(36(3)90)69(104)84-55(32-88)66(101)82-54(31-87)65(100)77-49(24-38-11-17-43(92)18-12-38)61(96)81-53(30-86)64(99)76-48(23-37-9-15-42(91)16-10-37)60(95)75-47(21-22-107-4)59(94)79-51(27-41-29-72-34-74-41)63(98)78-50(26-40-28-73-46-8-6-5-7-45(40)46)62(97)80-52(70(105)106)25-39-13-19-44(93)20-14-39/h5-20,28-29,34-36,47-58,73,86-93H,21-27,30-33,71H2,1-4H3,(H,72,74)(H,75,95)(H,76,99)(H,77,100)(H,78,98)(H,79,94)(H,80,97)(H,81,96)(H,82,101)(H,83,103)(H,84,104)(H,85,102)(H,105,106)/t36-,47+,48+,49+,50+,51+,52+,53+,54+,55+,56+,57+,58+/m1/s1. The highest BCUT2D eigenvalue weighted by atomic mass is 32.2. The highest BCUT2D eigenvalue weighted by Crippen LogP contribution is 2.21. The van der Waals surface area contributed by atoms with Gasteiger partial charge < -0.3 is 120 Å². The quantitative estimate of drug-likeness (QED) is 0.0171. The van der Waals surface area contributed by atoms with E-state index in [9.17, 15) is 103 Å². The number of benzene rings is 4. The SMILES string of the molecule is CSCC[C@H](NC(=O)[C@H](Cc1ccc(O)cc1)NC(=O)[C@H](CO)NC(=O)[C@H](Cc1ccc(O)cc1)NC(=O)[C@H](CO)NC(=O)[C@H](CO)NC(=O)[C@@H](NC(=O)[C@H](CO)NC(=O)[C@@H](N)C(C)C)[C@@H](C)O)C(=O)N[C@@H](Cc1cnc[nH]1)C(=O)N[C@@H](Cc1c[nH]c2ccccc12)C(=O)N[C@@H](Cc1ccc(O)cc1)C(=O)O. The number of carboxylic acids is 1. The van der Waals surface area contributed by atoms with E-state index >= 15 is 0 Å². The van der Waals surface area contributed by atoms with Crippen molar-refractivity contribution in [2.24, 2.45) is 11.7 Å². The minimum absolute atomic E-state index is 0.0775. The van der Waals surface area contributed by atoms with Crippen molar-refractivity contribution in [3.8, 4) is 17.2 Å². The van der Waals surface area contributed by atoms with Crippen LogP contribution in [0.25, 0.3) is 10.9 Å². The Hall–Kier alpha value is -11.2. The van der Waals surface area contributed by atoms with Gasteiger partial charge in [-0.05, 0) is 96.0 Å². The van der Waals surface area contributed by atoms with Gasteiger partial charge in [-0.1, -0.05) is 68.4 Å². The molecule has 36 nitrogen and oxygen atoms in total. The zero-order valence-corrected chi connectivity index (χ0v) is 59.5. The van der Waals surface area contributed by atoms with Crippen molar-refractivity contribution in [3.05, 3.63) is 144 Å². The Kier molecular flexibility index (Phi) is 32.8. The van der Waals surface area contributed by atoms with E-state index in [1.54, 1.807) is 50.6 Å². The van der Waals surface area contributed by atoms with Crippen LogP contribution in [0.5, 0.6) is 17.2 Å². The first-order chi connectivity index (χ1) is 50.9. The summed E-state index contributed by atoms with van der Waals surface area (Å²) in [5.41, 5.74) is 8.42. The van der Waals surface area contributed by atoms with Crippen LogP contribution in [-0.2, 0) is 89.6 Å². The maximum absolute atomic E-state index is 14.8. The minimum atomic E-state index is -1.99. The number of carboxylic acid groups (broad SMARTS) is 1. The van der Waals surface area contributed by atoms with Crippen molar-refractivity contribution in [2.75, 3.05) is 38.4 Å². The molecule has 13 atom stereocenters. The van der Waals surface area contributed by atoms with Crippen LogP contribution in [0.2, 0.25) is 0 Å². The Balaban J connectivity index is 1.21.